The van der Waals surface area contributed by atoms with Crippen molar-refractivity contribution in [2.75, 3.05) is 0 Å². The predicted molar refractivity (Wildman–Crippen MR) is 280 cm³/mol. The molecular formula is C62H47N5. The van der Waals surface area contributed by atoms with E-state index in [4.69, 9.17) is 0 Å². The summed E-state index contributed by atoms with van der Waals surface area (Å²) in [5, 5.41) is 7.29. The molecule has 0 fully saturated rings. The molecule has 0 saturated heterocycles. The van der Waals surface area contributed by atoms with Crippen molar-refractivity contribution in [2.24, 2.45) is 5.41 Å². The van der Waals surface area contributed by atoms with E-state index < -0.39 is 0 Å². The molecule has 1 aliphatic rings. The molecule has 320 valence electrons. The van der Waals surface area contributed by atoms with Gasteiger partial charge in [-0.2, -0.15) is 0 Å². The highest BCUT2D eigenvalue weighted by atomic mass is 15.0. The molecular weight excluding hydrogens is 815 g/mol. The summed E-state index contributed by atoms with van der Waals surface area (Å²) in [6, 6.07) is 60.3. The molecule has 5 heteroatoms. The lowest BCUT2D eigenvalue weighted by molar-refractivity contribution is 0.423. The highest BCUT2D eigenvalue weighted by molar-refractivity contribution is 6.11. The molecule has 12 aromatic rings. The Morgan fingerprint density at radius 2 is 0.851 bits per heavy atom. The topological polar surface area (TPSA) is 40.6 Å². The zero-order valence-electron chi connectivity index (χ0n) is 37.9. The van der Waals surface area contributed by atoms with Gasteiger partial charge in [0.1, 0.15) is 0 Å². The third-order valence-electron chi connectivity index (χ3n) is 14.4. The van der Waals surface area contributed by atoms with Crippen molar-refractivity contribution < 1.29 is 0 Å². The van der Waals surface area contributed by atoms with E-state index >= 15 is 0 Å². The van der Waals surface area contributed by atoms with E-state index in [1.807, 2.05) is 24.8 Å². The number of allylic oxidation sites excluding steroid dienone is 4. The molecule has 67 heavy (non-hydrogen) atoms. The molecule has 1 atom stereocenters. The largest absolute Gasteiger partial charge is 0.310 e. The molecule has 5 heterocycles. The van der Waals surface area contributed by atoms with E-state index in [1.165, 1.54) is 88.3 Å². The van der Waals surface area contributed by atoms with Gasteiger partial charge in [0.15, 0.2) is 0 Å². The normalized spacial score (nSPS) is 14.9. The van der Waals surface area contributed by atoms with Gasteiger partial charge in [-0.05, 0) is 131 Å². The van der Waals surface area contributed by atoms with Gasteiger partial charge in [0.05, 0.1) is 33.1 Å². The number of aromatic nitrogens is 5. The Hall–Kier alpha value is -8.28. The summed E-state index contributed by atoms with van der Waals surface area (Å²) in [5.41, 5.74) is 19.0. The maximum Gasteiger partial charge on any atom is 0.0571 e. The molecule has 0 radical (unpaired) electrons. The molecule has 5 aromatic heterocycles. The Morgan fingerprint density at radius 3 is 1.30 bits per heavy atom. The van der Waals surface area contributed by atoms with Gasteiger partial charge >= 0.3 is 0 Å². The summed E-state index contributed by atoms with van der Waals surface area (Å²) in [6.07, 6.45) is 15.0. The molecule has 1 aliphatic carbocycles. The number of rotatable bonds is 6. The van der Waals surface area contributed by atoms with Crippen LogP contribution in [0, 0.1) is 19.3 Å². The van der Waals surface area contributed by atoms with Crippen LogP contribution in [-0.2, 0) is 0 Å². The molecule has 0 amide bonds. The maximum absolute atomic E-state index is 4.49. The molecule has 1 unspecified atom stereocenters. The standard InChI is InChI=1S/C62H47N5/c1-39-31-44(65-58-19-11-7-15-51(58)53-37-63-29-27-60(53)65)21-24-47(39)41-33-42(48-25-22-45(32-40(48)2)66-59-20-12-8-16-52(59)54-38-64-30-28-61(54)66)35-43(34-41)55-26-23-46(36-62(55,3)4)67-56-17-9-5-13-49(56)50-14-6-10-18-57(50)67/h5-38,55H,1-4H3. The van der Waals surface area contributed by atoms with Gasteiger partial charge in [0, 0.05) is 80.1 Å². The van der Waals surface area contributed by atoms with Crippen molar-refractivity contribution in [1.82, 2.24) is 23.7 Å². The Labute approximate surface area is 389 Å². The van der Waals surface area contributed by atoms with Crippen molar-refractivity contribution >= 4 is 71.1 Å². The van der Waals surface area contributed by atoms with Crippen molar-refractivity contribution in [2.45, 2.75) is 33.6 Å². The molecule has 5 nitrogen and oxygen atoms in total. The second kappa shape index (κ2) is 14.9. The first-order chi connectivity index (χ1) is 32.8. The van der Waals surface area contributed by atoms with Crippen LogP contribution in [0.3, 0.4) is 0 Å². The van der Waals surface area contributed by atoms with Crippen LogP contribution in [-0.4, -0.2) is 23.7 Å². The molecule has 7 aromatic carbocycles. The molecule has 0 spiro atoms. The summed E-state index contributed by atoms with van der Waals surface area (Å²) in [7, 11) is 0. The summed E-state index contributed by atoms with van der Waals surface area (Å²) in [4.78, 5) is 8.99. The van der Waals surface area contributed by atoms with Gasteiger partial charge in [-0.15, -0.1) is 0 Å². The second-order valence-electron chi connectivity index (χ2n) is 18.9. The predicted octanol–water partition coefficient (Wildman–Crippen LogP) is 16.0. The van der Waals surface area contributed by atoms with E-state index in [2.05, 4.69) is 233 Å². The lowest BCUT2D eigenvalue weighted by Gasteiger charge is -2.34. The lowest BCUT2D eigenvalue weighted by atomic mass is 9.71. The number of fused-ring (bicyclic) bond motifs is 9. The summed E-state index contributed by atoms with van der Waals surface area (Å²) >= 11 is 0. The minimum atomic E-state index is -0.207. The van der Waals surface area contributed by atoms with Gasteiger partial charge in [-0.1, -0.05) is 123 Å². The number of para-hydroxylation sites is 4. The number of nitrogens with zero attached hydrogens (tertiary/aromatic N) is 5. The fraction of sp³-hybridized carbons (Fsp3) is 0.0968. The molecule has 0 bridgehead atoms. The minimum absolute atomic E-state index is 0.125. The van der Waals surface area contributed by atoms with Gasteiger partial charge in [-0.3, -0.25) is 9.97 Å². The quantitative estimate of drug-likeness (QED) is 0.167. The first kappa shape index (κ1) is 39.1. The van der Waals surface area contributed by atoms with Crippen LogP contribution < -0.4 is 0 Å². The number of hydrogen-bond donors (Lipinski definition) is 0. The molecule has 0 N–H and O–H groups in total. The monoisotopic (exact) mass is 861 g/mol. The first-order valence-corrected chi connectivity index (χ1v) is 23.2. The smallest absolute Gasteiger partial charge is 0.0571 e. The first-order valence-electron chi connectivity index (χ1n) is 23.2. The van der Waals surface area contributed by atoms with Gasteiger partial charge in [0.2, 0.25) is 0 Å². The SMILES string of the molecule is Cc1cc(-n2c3ccccc3c3cnccc32)ccc1-c1cc(-c2ccc(-n3c4ccccc4c4cnccc43)cc2C)cc(C2C=CC(n3c4ccccc4c4ccccc43)=CC2(C)C)c1. The average Bonchev–Trinajstić information content (AvgIpc) is 3.99. The van der Waals surface area contributed by atoms with Crippen LogP contribution >= 0.6 is 0 Å². The van der Waals surface area contributed by atoms with Crippen molar-refractivity contribution in [3.05, 3.63) is 223 Å². The third kappa shape index (κ3) is 6.08. The zero-order valence-corrected chi connectivity index (χ0v) is 37.9. The molecule has 0 aliphatic heterocycles. The van der Waals surface area contributed by atoms with Crippen LogP contribution in [0.4, 0.5) is 0 Å². The number of hydrogen-bond acceptors (Lipinski definition) is 2. The van der Waals surface area contributed by atoms with Crippen LogP contribution in [0.15, 0.2) is 207 Å². The fourth-order valence-electron chi connectivity index (χ4n) is 11.4. The minimum Gasteiger partial charge on any atom is -0.310 e. The third-order valence-corrected chi connectivity index (χ3v) is 14.4. The van der Waals surface area contributed by atoms with Gasteiger partial charge < -0.3 is 13.7 Å². The Bertz CT molecular complexity index is 3710. The number of benzene rings is 7. The van der Waals surface area contributed by atoms with Crippen molar-refractivity contribution in [3.8, 4) is 33.6 Å². The van der Waals surface area contributed by atoms with Crippen molar-refractivity contribution in [1.29, 1.82) is 0 Å². The average molecular weight is 862 g/mol. The Kier molecular flexibility index (Phi) is 8.69. The van der Waals surface area contributed by atoms with Crippen LogP contribution in [0.1, 0.15) is 36.5 Å². The van der Waals surface area contributed by atoms with E-state index in [9.17, 15) is 0 Å². The summed E-state index contributed by atoms with van der Waals surface area (Å²) < 4.78 is 7.19. The molecule has 0 saturated carbocycles. The van der Waals surface area contributed by atoms with Crippen molar-refractivity contribution in [3.63, 3.8) is 0 Å². The lowest BCUT2D eigenvalue weighted by Crippen LogP contribution is -2.22. The van der Waals surface area contributed by atoms with E-state index in [1.54, 1.807) is 0 Å². The maximum atomic E-state index is 4.49. The van der Waals surface area contributed by atoms with Crippen LogP contribution in [0.2, 0.25) is 0 Å². The van der Waals surface area contributed by atoms with Crippen LogP contribution in [0.25, 0.3) is 105 Å². The van der Waals surface area contributed by atoms with E-state index in [0.29, 0.717) is 0 Å². The number of pyridine rings is 2. The zero-order chi connectivity index (χ0) is 45.0. The van der Waals surface area contributed by atoms with E-state index in [-0.39, 0.29) is 11.3 Å². The van der Waals surface area contributed by atoms with E-state index in [0.717, 1.165) is 33.2 Å². The molecule has 13 rings (SSSR count). The summed E-state index contributed by atoms with van der Waals surface area (Å²) in [5.74, 6) is 0.125. The second-order valence-corrected chi connectivity index (χ2v) is 18.9. The number of aryl methyl sites for hydroxylation is 2. The summed E-state index contributed by atoms with van der Waals surface area (Å²) in [6.45, 7) is 9.30. The Morgan fingerprint density at radius 1 is 0.433 bits per heavy atom. The highest BCUT2D eigenvalue weighted by Crippen LogP contribution is 2.47. The van der Waals surface area contributed by atoms with Gasteiger partial charge in [0.25, 0.3) is 0 Å². The Balaban J connectivity index is 0.959. The fourth-order valence-corrected chi connectivity index (χ4v) is 11.4. The van der Waals surface area contributed by atoms with Gasteiger partial charge in [-0.25, -0.2) is 0 Å². The highest BCUT2D eigenvalue weighted by Gasteiger charge is 2.32. The van der Waals surface area contributed by atoms with Crippen LogP contribution in [0.5, 0.6) is 0 Å².